The first-order valence-corrected chi connectivity index (χ1v) is 13.3. The van der Waals surface area contributed by atoms with E-state index in [2.05, 4.69) is 6.07 Å². The van der Waals surface area contributed by atoms with Crippen LogP contribution in [0, 0.1) is 11.3 Å². The molecule has 0 bridgehead atoms. The summed E-state index contributed by atoms with van der Waals surface area (Å²) in [6.45, 7) is 0.245. The molecule has 1 aliphatic rings. The standard InChI is InChI=1S/C31H21Cl3N2O5/c1-38-28-12-17(6-11-26(28)39-16-18-4-2-3-5-24(18)33)29-22-10-8-20(14-27(22)41-30(36)23(29)15-35)40-31(37)21-9-7-19(32)13-25(21)34/h2-14,29H,16,36H2,1H3. The third kappa shape index (κ3) is 5.91. The normalized spacial score (nSPS) is 14.0. The number of rotatable bonds is 7. The van der Waals surface area contributed by atoms with E-state index < -0.39 is 11.9 Å². The zero-order valence-corrected chi connectivity index (χ0v) is 23.8. The van der Waals surface area contributed by atoms with Crippen molar-refractivity contribution in [3.8, 4) is 29.1 Å². The number of carbonyl (C=O) groups is 1. The number of carbonyl (C=O) groups excluding carboxylic acids is 1. The Morgan fingerprint density at radius 1 is 0.976 bits per heavy atom. The molecule has 41 heavy (non-hydrogen) atoms. The lowest BCUT2D eigenvalue weighted by Crippen LogP contribution is -2.21. The summed E-state index contributed by atoms with van der Waals surface area (Å²) in [6, 6.07) is 24.3. The molecule has 1 unspecified atom stereocenters. The van der Waals surface area contributed by atoms with Crippen molar-refractivity contribution in [2.24, 2.45) is 5.73 Å². The minimum Gasteiger partial charge on any atom is -0.493 e. The van der Waals surface area contributed by atoms with E-state index in [0.29, 0.717) is 38.4 Å². The van der Waals surface area contributed by atoms with Gasteiger partial charge in [0.1, 0.15) is 29.7 Å². The number of nitrogens with two attached hydrogens (primary N) is 1. The highest BCUT2D eigenvalue weighted by Gasteiger charge is 2.32. The molecular formula is C31H21Cl3N2O5. The van der Waals surface area contributed by atoms with Gasteiger partial charge in [0.25, 0.3) is 0 Å². The van der Waals surface area contributed by atoms with E-state index >= 15 is 0 Å². The Hall–Kier alpha value is -4.35. The van der Waals surface area contributed by atoms with Crippen molar-refractivity contribution in [3.63, 3.8) is 0 Å². The lowest BCUT2D eigenvalue weighted by molar-refractivity contribution is 0.0734. The highest BCUT2D eigenvalue weighted by molar-refractivity contribution is 6.36. The number of benzene rings is 4. The zero-order chi connectivity index (χ0) is 29.1. The number of allylic oxidation sites excluding steroid dienone is 1. The largest absolute Gasteiger partial charge is 0.493 e. The van der Waals surface area contributed by atoms with E-state index in [0.717, 1.165) is 5.56 Å². The molecule has 0 aliphatic carbocycles. The molecule has 1 aliphatic heterocycles. The number of halogens is 3. The van der Waals surface area contributed by atoms with Crippen molar-refractivity contribution < 1.29 is 23.7 Å². The molecule has 4 aromatic carbocycles. The van der Waals surface area contributed by atoms with Gasteiger partial charge >= 0.3 is 5.97 Å². The van der Waals surface area contributed by atoms with Gasteiger partial charge in [0.05, 0.1) is 23.6 Å². The van der Waals surface area contributed by atoms with Crippen LogP contribution in [0.5, 0.6) is 23.0 Å². The Bertz CT molecular complexity index is 1730. The zero-order valence-electron chi connectivity index (χ0n) is 21.5. The van der Waals surface area contributed by atoms with Gasteiger partial charge < -0.3 is 24.7 Å². The van der Waals surface area contributed by atoms with Gasteiger partial charge in [0, 0.05) is 27.2 Å². The topological polar surface area (TPSA) is 104 Å². The quantitative estimate of drug-likeness (QED) is 0.170. The van der Waals surface area contributed by atoms with Gasteiger partial charge in [0.15, 0.2) is 11.5 Å². The molecule has 0 spiro atoms. The fraction of sp³-hybridized carbons (Fsp3) is 0.0968. The average molecular weight is 608 g/mol. The van der Waals surface area contributed by atoms with Crippen molar-refractivity contribution in [3.05, 3.63) is 128 Å². The van der Waals surface area contributed by atoms with Crippen molar-refractivity contribution in [1.29, 1.82) is 5.26 Å². The monoisotopic (exact) mass is 606 g/mol. The van der Waals surface area contributed by atoms with Gasteiger partial charge in [-0.05, 0) is 48.0 Å². The number of nitrogens with zero attached hydrogens (tertiary/aromatic N) is 1. The summed E-state index contributed by atoms with van der Waals surface area (Å²) in [5.41, 5.74) is 8.73. The molecule has 0 amide bonds. The summed E-state index contributed by atoms with van der Waals surface area (Å²) >= 11 is 18.3. The minimum atomic E-state index is -0.669. The molecule has 0 saturated heterocycles. The number of fused-ring (bicyclic) bond motifs is 1. The smallest absolute Gasteiger partial charge is 0.345 e. The van der Waals surface area contributed by atoms with Crippen LogP contribution in [-0.2, 0) is 6.61 Å². The highest BCUT2D eigenvalue weighted by atomic mass is 35.5. The molecule has 206 valence electrons. The van der Waals surface area contributed by atoms with Crippen molar-refractivity contribution >= 4 is 40.8 Å². The first kappa shape index (κ1) is 28.2. The number of esters is 1. The third-order valence-corrected chi connectivity index (χ3v) is 7.33. The fourth-order valence-corrected chi connectivity index (χ4v) is 5.09. The van der Waals surface area contributed by atoms with E-state index in [9.17, 15) is 10.1 Å². The van der Waals surface area contributed by atoms with Gasteiger partial charge in [-0.25, -0.2) is 4.79 Å². The lowest BCUT2D eigenvalue weighted by Gasteiger charge is -2.27. The molecule has 1 heterocycles. The van der Waals surface area contributed by atoms with Crippen LogP contribution >= 0.6 is 34.8 Å². The molecule has 1 atom stereocenters. The van der Waals surface area contributed by atoms with Crippen LogP contribution < -0.4 is 24.7 Å². The Morgan fingerprint density at radius 2 is 1.78 bits per heavy atom. The first-order valence-electron chi connectivity index (χ1n) is 12.2. The number of nitriles is 1. The summed E-state index contributed by atoms with van der Waals surface area (Å²) in [6.07, 6.45) is 0. The van der Waals surface area contributed by atoms with Crippen LogP contribution in [0.1, 0.15) is 33.0 Å². The van der Waals surface area contributed by atoms with Crippen LogP contribution in [0.25, 0.3) is 0 Å². The van der Waals surface area contributed by atoms with E-state index in [4.69, 9.17) is 59.5 Å². The maximum absolute atomic E-state index is 12.7. The van der Waals surface area contributed by atoms with Crippen LogP contribution in [0.3, 0.4) is 0 Å². The van der Waals surface area contributed by atoms with Crippen LogP contribution in [-0.4, -0.2) is 13.1 Å². The number of hydrogen-bond donors (Lipinski definition) is 1. The maximum atomic E-state index is 12.7. The predicted octanol–water partition coefficient (Wildman–Crippen LogP) is 7.67. The highest BCUT2D eigenvalue weighted by Crippen LogP contribution is 2.45. The van der Waals surface area contributed by atoms with Crippen molar-refractivity contribution in [1.82, 2.24) is 0 Å². The molecule has 7 nitrogen and oxygen atoms in total. The predicted molar refractivity (Wildman–Crippen MR) is 156 cm³/mol. The van der Waals surface area contributed by atoms with Gasteiger partial charge in [-0.1, -0.05) is 65.1 Å². The molecule has 0 fully saturated rings. The second-order valence-electron chi connectivity index (χ2n) is 8.93. The molecule has 4 aromatic rings. The number of methoxy groups -OCH3 is 1. The average Bonchev–Trinajstić information content (AvgIpc) is 2.95. The third-order valence-electron chi connectivity index (χ3n) is 6.41. The molecular weight excluding hydrogens is 587 g/mol. The Labute approximate surface area is 251 Å². The second kappa shape index (κ2) is 12.0. The SMILES string of the molecule is COc1cc(C2C(C#N)=C(N)Oc3cc(OC(=O)c4ccc(Cl)cc4Cl)ccc32)ccc1OCc1ccccc1Cl. The van der Waals surface area contributed by atoms with Crippen LogP contribution in [0.4, 0.5) is 0 Å². The number of hydrogen-bond acceptors (Lipinski definition) is 7. The van der Waals surface area contributed by atoms with E-state index in [-0.39, 0.29) is 34.4 Å². The van der Waals surface area contributed by atoms with Gasteiger partial charge in [0.2, 0.25) is 5.88 Å². The summed E-state index contributed by atoms with van der Waals surface area (Å²) in [5, 5.41) is 11.1. The molecule has 5 rings (SSSR count). The van der Waals surface area contributed by atoms with E-state index in [1.807, 2.05) is 24.3 Å². The summed E-state index contributed by atoms with van der Waals surface area (Å²) < 4.78 is 22.9. The van der Waals surface area contributed by atoms with Crippen molar-refractivity contribution in [2.45, 2.75) is 12.5 Å². The molecule has 0 radical (unpaired) electrons. The number of ether oxygens (including phenoxy) is 4. The van der Waals surface area contributed by atoms with Gasteiger partial charge in [-0.3, -0.25) is 0 Å². The fourth-order valence-electron chi connectivity index (χ4n) is 4.41. The summed E-state index contributed by atoms with van der Waals surface area (Å²) in [7, 11) is 1.53. The van der Waals surface area contributed by atoms with E-state index in [1.54, 1.807) is 36.4 Å². The van der Waals surface area contributed by atoms with Gasteiger partial charge in [-0.15, -0.1) is 0 Å². The molecule has 0 aromatic heterocycles. The van der Waals surface area contributed by atoms with E-state index in [1.165, 1.54) is 25.3 Å². The van der Waals surface area contributed by atoms with Gasteiger partial charge in [-0.2, -0.15) is 5.26 Å². The Kier molecular flexibility index (Phi) is 8.27. The Morgan fingerprint density at radius 3 is 2.51 bits per heavy atom. The van der Waals surface area contributed by atoms with Crippen molar-refractivity contribution in [2.75, 3.05) is 7.11 Å². The van der Waals surface area contributed by atoms with Crippen LogP contribution in [0.15, 0.2) is 90.3 Å². The maximum Gasteiger partial charge on any atom is 0.345 e. The first-order chi connectivity index (χ1) is 19.8. The summed E-state index contributed by atoms with van der Waals surface area (Å²) in [4.78, 5) is 12.7. The Balaban J connectivity index is 1.44. The van der Waals surface area contributed by atoms with Crippen LogP contribution in [0.2, 0.25) is 15.1 Å². The molecule has 2 N–H and O–H groups in total. The molecule has 10 heteroatoms. The minimum absolute atomic E-state index is 0.0627. The second-order valence-corrected chi connectivity index (χ2v) is 10.2. The lowest BCUT2D eigenvalue weighted by atomic mass is 9.83. The molecule has 0 saturated carbocycles. The summed E-state index contributed by atoms with van der Waals surface area (Å²) in [5.74, 6) is 0.186.